The summed E-state index contributed by atoms with van der Waals surface area (Å²) in [4.78, 5) is 4.66. The molecular weight excluding hydrogens is 368 g/mol. The number of hydrogen-bond donors (Lipinski definition) is 0. The Labute approximate surface area is 183 Å². The van der Waals surface area contributed by atoms with Crippen molar-refractivity contribution < 1.29 is 4.74 Å². The Morgan fingerprint density at radius 1 is 0.900 bits per heavy atom. The zero-order valence-corrected chi connectivity index (χ0v) is 18.9. The first-order valence-electron chi connectivity index (χ1n) is 11.8. The highest BCUT2D eigenvalue weighted by molar-refractivity contribution is 5.60. The summed E-state index contributed by atoms with van der Waals surface area (Å²) in [6.07, 6.45) is 15.6. The van der Waals surface area contributed by atoms with Crippen LogP contribution in [0.2, 0.25) is 0 Å². The van der Waals surface area contributed by atoms with Crippen LogP contribution in [0.15, 0.2) is 42.6 Å². The second-order valence-electron chi connectivity index (χ2n) is 8.17. The van der Waals surface area contributed by atoms with E-state index in [9.17, 15) is 0 Å². The third-order valence-corrected chi connectivity index (χ3v) is 5.70. The van der Waals surface area contributed by atoms with Crippen molar-refractivity contribution in [1.82, 2.24) is 4.98 Å². The van der Waals surface area contributed by atoms with Gasteiger partial charge >= 0.3 is 0 Å². The first kappa shape index (κ1) is 23.9. The van der Waals surface area contributed by atoms with Crippen molar-refractivity contribution in [2.75, 3.05) is 6.61 Å². The van der Waals surface area contributed by atoms with E-state index in [2.05, 4.69) is 42.2 Å². The van der Waals surface area contributed by atoms with Crippen molar-refractivity contribution in [2.45, 2.75) is 84.5 Å². The number of benzene rings is 1. The number of nitriles is 1. The summed E-state index contributed by atoms with van der Waals surface area (Å²) in [5, 5.41) is 9.00. The van der Waals surface area contributed by atoms with Crippen LogP contribution in [0.25, 0.3) is 11.3 Å². The van der Waals surface area contributed by atoms with E-state index in [1.54, 1.807) is 0 Å². The van der Waals surface area contributed by atoms with E-state index in [1.807, 2.05) is 25.3 Å². The summed E-state index contributed by atoms with van der Waals surface area (Å²) < 4.78 is 5.77. The molecule has 0 bridgehead atoms. The van der Waals surface area contributed by atoms with Gasteiger partial charge in [-0.15, -0.1) is 0 Å². The van der Waals surface area contributed by atoms with Gasteiger partial charge in [-0.3, -0.25) is 4.98 Å². The lowest BCUT2D eigenvalue weighted by atomic mass is 10.0. The molecule has 3 nitrogen and oxygen atoms in total. The van der Waals surface area contributed by atoms with Crippen molar-refractivity contribution in [3.05, 3.63) is 48.2 Å². The number of unbranched alkanes of at least 4 members (excludes halogenated alkanes) is 7. The minimum absolute atomic E-state index is 0.0813. The topological polar surface area (TPSA) is 45.9 Å². The summed E-state index contributed by atoms with van der Waals surface area (Å²) in [5.41, 5.74) is 3.42. The fourth-order valence-corrected chi connectivity index (χ4v) is 3.61. The van der Waals surface area contributed by atoms with Gasteiger partial charge in [0.15, 0.2) is 0 Å². The maximum Gasteiger partial charge on any atom is 0.119 e. The second-order valence-corrected chi connectivity index (χ2v) is 8.17. The average molecular weight is 407 g/mol. The highest BCUT2D eigenvalue weighted by Gasteiger charge is 2.05. The van der Waals surface area contributed by atoms with Crippen LogP contribution < -0.4 is 4.74 Å². The predicted molar refractivity (Wildman–Crippen MR) is 125 cm³/mol. The molecule has 0 aliphatic carbocycles. The van der Waals surface area contributed by atoms with Gasteiger partial charge in [0.2, 0.25) is 0 Å². The highest BCUT2D eigenvalue weighted by atomic mass is 16.5. The monoisotopic (exact) mass is 406 g/mol. The summed E-state index contributed by atoms with van der Waals surface area (Å²) >= 11 is 0. The summed E-state index contributed by atoms with van der Waals surface area (Å²) in [5.74, 6) is 0.927. The molecule has 0 radical (unpaired) electrons. The number of ether oxygens (including phenoxy) is 1. The van der Waals surface area contributed by atoms with Crippen molar-refractivity contribution >= 4 is 0 Å². The number of hydrogen-bond acceptors (Lipinski definition) is 3. The van der Waals surface area contributed by atoms with Gasteiger partial charge in [-0.2, -0.15) is 5.26 Å². The number of aryl methyl sites for hydroxylation is 1. The molecule has 0 aliphatic rings. The lowest BCUT2D eigenvalue weighted by Gasteiger charge is -2.09. The molecule has 1 atom stereocenters. The van der Waals surface area contributed by atoms with Crippen LogP contribution in [0.5, 0.6) is 5.75 Å². The van der Waals surface area contributed by atoms with Crippen molar-refractivity contribution in [3.8, 4) is 23.1 Å². The maximum absolute atomic E-state index is 9.00. The third kappa shape index (κ3) is 8.99. The normalized spacial score (nSPS) is 11.8. The molecule has 0 amide bonds. The lowest BCUT2D eigenvalue weighted by Crippen LogP contribution is -2.04. The Hall–Kier alpha value is -2.34. The van der Waals surface area contributed by atoms with Gasteiger partial charge in [-0.25, -0.2) is 0 Å². The van der Waals surface area contributed by atoms with Crippen LogP contribution in [0.3, 0.4) is 0 Å². The maximum atomic E-state index is 9.00. The smallest absolute Gasteiger partial charge is 0.119 e. The van der Waals surface area contributed by atoms with Gasteiger partial charge in [0.1, 0.15) is 5.75 Å². The minimum atomic E-state index is 0.0813. The van der Waals surface area contributed by atoms with Gasteiger partial charge in [-0.05, 0) is 61.6 Å². The largest absolute Gasteiger partial charge is 0.494 e. The summed E-state index contributed by atoms with van der Waals surface area (Å²) in [6.45, 7) is 4.89. The zero-order valence-electron chi connectivity index (χ0n) is 18.9. The zero-order chi connectivity index (χ0) is 21.4. The molecule has 1 aromatic heterocycles. The number of nitrogens with zero attached hydrogens (tertiary/aromatic N) is 2. The van der Waals surface area contributed by atoms with Crippen LogP contribution in [0, 0.1) is 17.2 Å². The Balaban J connectivity index is 1.70. The van der Waals surface area contributed by atoms with Crippen molar-refractivity contribution in [1.29, 1.82) is 5.26 Å². The fraction of sp³-hybridized carbons (Fsp3) is 0.556. The standard InChI is InChI=1S/C27H38N2O/c1-3-5-6-7-8-9-10-11-12-24-13-18-27(29-22-24)25-14-16-26(17-15-25)30-20-19-23(4-2)21-28/h13-18,22-23H,3-12,19-20H2,1-2H3. The van der Waals surface area contributed by atoms with E-state index >= 15 is 0 Å². The van der Waals surface area contributed by atoms with Gasteiger partial charge < -0.3 is 4.74 Å². The number of aromatic nitrogens is 1. The fourth-order valence-electron chi connectivity index (χ4n) is 3.61. The molecule has 30 heavy (non-hydrogen) atoms. The number of pyridine rings is 1. The molecule has 1 aromatic carbocycles. The quantitative estimate of drug-likeness (QED) is 0.284. The van der Waals surface area contributed by atoms with Crippen LogP contribution in [-0.2, 0) is 6.42 Å². The van der Waals surface area contributed by atoms with E-state index in [4.69, 9.17) is 10.00 Å². The van der Waals surface area contributed by atoms with Gasteiger partial charge in [0.05, 0.1) is 18.4 Å². The van der Waals surface area contributed by atoms with Crippen LogP contribution in [0.1, 0.15) is 83.6 Å². The Kier molecular flexibility index (Phi) is 11.7. The Bertz CT molecular complexity index is 731. The van der Waals surface area contributed by atoms with Crippen LogP contribution in [-0.4, -0.2) is 11.6 Å². The molecule has 2 aromatic rings. The molecule has 0 spiro atoms. The van der Waals surface area contributed by atoms with E-state index in [0.717, 1.165) is 36.3 Å². The first-order valence-corrected chi connectivity index (χ1v) is 11.8. The molecular formula is C27H38N2O. The first-order chi connectivity index (χ1) is 14.8. The average Bonchev–Trinajstić information content (AvgIpc) is 2.79. The second kappa shape index (κ2) is 14.6. The van der Waals surface area contributed by atoms with Gasteiger partial charge in [0, 0.05) is 17.7 Å². The van der Waals surface area contributed by atoms with Gasteiger partial charge in [-0.1, -0.05) is 64.9 Å². The summed E-state index contributed by atoms with van der Waals surface area (Å²) in [7, 11) is 0. The summed E-state index contributed by atoms with van der Waals surface area (Å²) in [6, 6.07) is 14.7. The van der Waals surface area contributed by atoms with E-state index in [1.165, 1.54) is 56.9 Å². The molecule has 0 aliphatic heterocycles. The molecule has 0 fully saturated rings. The molecule has 162 valence electrons. The molecule has 1 unspecified atom stereocenters. The Morgan fingerprint density at radius 2 is 1.60 bits per heavy atom. The van der Waals surface area contributed by atoms with E-state index in [-0.39, 0.29) is 5.92 Å². The van der Waals surface area contributed by atoms with E-state index < -0.39 is 0 Å². The van der Waals surface area contributed by atoms with E-state index in [0.29, 0.717) is 6.61 Å². The van der Waals surface area contributed by atoms with Crippen LogP contribution >= 0.6 is 0 Å². The minimum Gasteiger partial charge on any atom is -0.494 e. The molecule has 0 N–H and O–H groups in total. The third-order valence-electron chi connectivity index (χ3n) is 5.70. The molecule has 0 saturated carbocycles. The van der Waals surface area contributed by atoms with Crippen molar-refractivity contribution in [3.63, 3.8) is 0 Å². The van der Waals surface area contributed by atoms with Crippen molar-refractivity contribution in [2.24, 2.45) is 5.92 Å². The molecule has 3 heteroatoms. The Morgan fingerprint density at radius 3 is 2.20 bits per heavy atom. The molecule has 2 rings (SSSR count). The molecule has 0 saturated heterocycles. The van der Waals surface area contributed by atoms with Crippen LogP contribution in [0.4, 0.5) is 0 Å². The molecule has 1 heterocycles. The highest BCUT2D eigenvalue weighted by Crippen LogP contribution is 2.22. The number of rotatable bonds is 15. The SMILES string of the molecule is CCCCCCCCCCc1ccc(-c2ccc(OCCC(C#N)CC)cc2)nc1. The predicted octanol–water partition coefficient (Wildman–Crippen LogP) is 7.75. The lowest BCUT2D eigenvalue weighted by molar-refractivity contribution is 0.291. The van der Waals surface area contributed by atoms with Gasteiger partial charge in [0.25, 0.3) is 0 Å².